The molecule has 2 rings (SSSR count). The van der Waals surface area contributed by atoms with E-state index in [0.29, 0.717) is 16.9 Å². The maximum atomic E-state index is 12.2. The molecule has 0 heterocycles. The topological polar surface area (TPSA) is 58.2 Å². The monoisotopic (exact) mass is 266 g/mol. The molecule has 0 aliphatic carbocycles. The minimum atomic E-state index is -0.357. The highest BCUT2D eigenvalue weighted by atomic mass is 16.2. The van der Waals surface area contributed by atoms with Crippen molar-refractivity contribution in [2.45, 2.75) is 0 Å². The van der Waals surface area contributed by atoms with Gasteiger partial charge in [0.05, 0.1) is 11.3 Å². The molecule has 2 aromatic carbocycles. The molecular formula is C16H14N2O2. The van der Waals surface area contributed by atoms with Gasteiger partial charge < -0.3 is 10.6 Å². The molecule has 2 aromatic rings. The molecule has 0 radical (unpaired) electrons. The third-order valence-electron chi connectivity index (χ3n) is 2.65. The van der Waals surface area contributed by atoms with Crippen LogP contribution in [-0.2, 0) is 4.79 Å². The molecule has 0 unspecified atom stereocenters. The summed E-state index contributed by atoms with van der Waals surface area (Å²) in [6.07, 6.45) is 1.16. The standard InChI is InChI=1S/C16H14N2O2/c1-2-15(19)18-14-11-7-6-10-13(14)16(20)17-12-8-4-3-5-9-12/h2-11H,1H2,(H,17,20)(H,18,19). The first-order chi connectivity index (χ1) is 9.70. The van der Waals surface area contributed by atoms with E-state index in [9.17, 15) is 9.59 Å². The zero-order valence-electron chi connectivity index (χ0n) is 10.8. The van der Waals surface area contributed by atoms with Crippen molar-refractivity contribution in [3.63, 3.8) is 0 Å². The molecular weight excluding hydrogens is 252 g/mol. The summed E-state index contributed by atoms with van der Waals surface area (Å²) in [5, 5.41) is 5.38. The Morgan fingerprint density at radius 3 is 2.25 bits per heavy atom. The fourth-order valence-electron chi connectivity index (χ4n) is 1.69. The van der Waals surface area contributed by atoms with Crippen LogP contribution in [0.4, 0.5) is 11.4 Å². The van der Waals surface area contributed by atoms with Crippen molar-refractivity contribution in [1.29, 1.82) is 0 Å². The molecule has 0 aromatic heterocycles. The Balaban J connectivity index is 2.21. The first-order valence-electron chi connectivity index (χ1n) is 6.09. The van der Waals surface area contributed by atoms with E-state index in [1.54, 1.807) is 36.4 Å². The van der Waals surface area contributed by atoms with E-state index in [4.69, 9.17) is 0 Å². The molecule has 4 heteroatoms. The Hall–Kier alpha value is -2.88. The third kappa shape index (κ3) is 3.32. The van der Waals surface area contributed by atoms with Crippen molar-refractivity contribution in [2.75, 3.05) is 10.6 Å². The minimum absolute atomic E-state index is 0.281. The lowest BCUT2D eigenvalue weighted by atomic mass is 10.1. The maximum Gasteiger partial charge on any atom is 0.257 e. The molecule has 2 N–H and O–H groups in total. The fraction of sp³-hybridized carbons (Fsp3) is 0. The molecule has 0 saturated heterocycles. The van der Waals surface area contributed by atoms with Gasteiger partial charge in [-0.2, -0.15) is 0 Å². The lowest BCUT2D eigenvalue weighted by Crippen LogP contribution is -2.16. The predicted molar refractivity (Wildman–Crippen MR) is 79.7 cm³/mol. The number of nitrogens with one attached hydrogen (secondary N) is 2. The lowest BCUT2D eigenvalue weighted by Gasteiger charge is -2.10. The number of amides is 2. The zero-order chi connectivity index (χ0) is 14.4. The second kappa shape index (κ2) is 6.33. The van der Waals surface area contributed by atoms with E-state index in [1.807, 2.05) is 18.2 Å². The van der Waals surface area contributed by atoms with E-state index in [0.717, 1.165) is 6.08 Å². The number of benzene rings is 2. The third-order valence-corrected chi connectivity index (χ3v) is 2.65. The van der Waals surface area contributed by atoms with E-state index < -0.39 is 0 Å². The molecule has 0 bridgehead atoms. The molecule has 0 aliphatic rings. The van der Waals surface area contributed by atoms with Gasteiger partial charge in [-0.25, -0.2) is 0 Å². The highest BCUT2D eigenvalue weighted by molar-refractivity contribution is 6.11. The molecule has 0 spiro atoms. The molecule has 4 nitrogen and oxygen atoms in total. The second-order valence-electron chi connectivity index (χ2n) is 4.06. The number of carbonyl (C=O) groups is 2. The number of para-hydroxylation sites is 2. The quantitative estimate of drug-likeness (QED) is 0.835. The van der Waals surface area contributed by atoms with E-state index in [1.165, 1.54) is 0 Å². The highest BCUT2D eigenvalue weighted by Crippen LogP contribution is 2.17. The summed E-state index contributed by atoms with van der Waals surface area (Å²) in [5.74, 6) is -0.638. The Morgan fingerprint density at radius 1 is 0.900 bits per heavy atom. The van der Waals surface area contributed by atoms with Crippen LogP contribution in [0.15, 0.2) is 67.3 Å². The van der Waals surface area contributed by atoms with Crippen LogP contribution in [0.3, 0.4) is 0 Å². The van der Waals surface area contributed by atoms with Gasteiger partial charge >= 0.3 is 0 Å². The normalized spacial score (nSPS) is 9.60. The van der Waals surface area contributed by atoms with Gasteiger partial charge in [0.2, 0.25) is 5.91 Å². The van der Waals surface area contributed by atoms with E-state index in [2.05, 4.69) is 17.2 Å². The molecule has 100 valence electrons. The summed E-state index contributed by atoms with van der Waals surface area (Å²) in [5.41, 5.74) is 1.54. The van der Waals surface area contributed by atoms with Gasteiger partial charge in [0.15, 0.2) is 0 Å². The smallest absolute Gasteiger partial charge is 0.257 e. The highest BCUT2D eigenvalue weighted by Gasteiger charge is 2.12. The first-order valence-corrected chi connectivity index (χ1v) is 6.09. The number of anilines is 2. The zero-order valence-corrected chi connectivity index (χ0v) is 10.8. The van der Waals surface area contributed by atoms with Crippen molar-refractivity contribution in [2.24, 2.45) is 0 Å². The summed E-state index contributed by atoms with van der Waals surface area (Å²) < 4.78 is 0. The summed E-state index contributed by atoms with van der Waals surface area (Å²) in [6.45, 7) is 3.39. The van der Waals surface area contributed by atoms with Crippen LogP contribution in [-0.4, -0.2) is 11.8 Å². The molecule has 2 amide bonds. The molecule has 0 atom stereocenters. The van der Waals surface area contributed by atoms with Crippen molar-refractivity contribution >= 4 is 23.2 Å². The molecule has 0 aliphatic heterocycles. The number of carbonyl (C=O) groups excluding carboxylic acids is 2. The molecule has 20 heavy (non-hydrogen) atoms. The van der Waals surface area contributed by atoms with Crippen molar-refractivity contribution in [3.05, 3.63) is 72.8 Å². The van der Waals surface area contributed by atoms with Crippen molar-refractivity contribution in [1.82, 2.24) is 0 Å². The number of rotatable bonds is 4. The van der Waals surface area contributed by atoms with E-state index in [-0.39, 0.29) is 11.8 Å². The van der Waals surface area contributed by atoms with Crippen LogP contribution in [0.25, 0.3) is 0 Å². The van der Waals surface area contributed by atoms with Gasteiger partial charge in [0.1, 0.15) is 0 Å². The summed E-state index contributed by atoms with van der Waals surface area (Å²) in [7, 11) is 0. The Morgan fingerprint density at radius 2 is 1.55 bits per heavy atom. The molecule has 0 saturated carbocycles. The van der Waals surface area contributed by atoms with Crippen LogP contribution >= 0.6 is 0 Å². The van der Waals surface area contributed by atoms with Gasteiger partial charge in [0, 0.05) is 5.69 Å². The molecule has 0 fully saturated rings. The van der Waals surface area contributed by atoms with Gasteiger partial charge in [-0.15, -0.1) is 0 Å². The van der Waals surface area contributed by atoms with Crippen LogP contribution in [0, 0.1) is 0 Å². The summed E-state index contributed by atoms with van der Waals surface area (Å²) >= 11 is 0. The number of hydrogen-bond acceptors (Lipinski definition) is 2. The van der Waals surface area contributed by atoms with Gasteiger partial charge in [-0.1, -0.05) is 36.9 Å². The van der Waals surface area contributed by atoms with Gasteiger partial charge in [-0.3, -0.25) is 9.59 Å². The van der Waals surface area contributed by atoms with Crippen LogP contribution in [0.1, 0.15) is 10.4 Å². The Kier molecular flexibility index (Phi) is 4.29. The van der Waals surface area contributed by atoms with Crippen molar-refractivity contribution < 1.29 is 9.59 Å². The number of hydrogen-bond donors (Lipinski definition) is 2. The summed E-state index contributed by atoms with van der Waals surface area (Å²) in [4.78, 5) is 23.6. The van der Waals surface area contributed by atoms with Gasteiger partial charge in [0.25, 0.3) is 5.91 Å². The largest absolute Gasteiger partial charge is 0.322 e. The average molecular weight is 266 g/mol. The second-order valence-corrected chi connectivity index (χ2v) is 4.06. The predicted octanol–water partition coefficient (Wildman–Crippen LogP) is 3.06. The van der Waals surface area contributed by atoms with Crippen molar-refractivity contribution in [3.8, 4) is 0 Å². The fourth-order valence-corrected chi connectivity index (χ4v) is 1.69. The van der Waals surface area contributed by atoms with Crippen LogP contribution < -0.4 is 10.6 Å². The van der Waals surface area contributed by atoms with Crippen LogP contribution in [0.5, 0.6) is 0 Å². The average Bonchev–Trinajstić information content (AvgIpc) is 2.48. The minimum Gasteiger partial charge on any atom is -0.322 e. The lowest BCUT2D eigenvalue weighted by molar-refractivity contribution is -0.111. The van der Waals surface area contributed by atoms with Crippen LogP contribution in [0.2, 0.25) is 0 Å². The van der Waals surface area contributed by atoms with Gasteiger partial charge in [-0.05, 0) is 30.3 Å². The Bertz CT molecular complexity index is 636. The SMILES string of the molecule is C=CC(=O)Nc1ccccc1C(=O)Nc1ccccc1. The maximum absolute atomic E-state index is 12.2. The first kappa shape index (κ1) is 13.5. The Labute approximate surface area is 117 Å². The summed E-state index contributed by atoms with van der Waals surface area (Å²) in [6, 6.07) is 15.9. The van der Waals surface area contributed by atoms with E-state index >= 15 is 0 Å².